The summed E-state index contributed by atoms with van der Waals surface area (Å²) < 4.78 is 1.65. The molecular formula is C18H13N3O. The molecule has 0 bridgehead atoms. The third-order valence-corrected chi connectivity index (χ3v) is 3.79. The summed E-state index contributed by atoms with van der Waals surface area (Å²) in [4.78, 5) is 12.5. The fraction of sp³-hybridized carbons (Fsp3) is 0.0556. The molecule has 1 aromatic heterocycles. The van der Waals surface area contributed by atoms with Crippen LogP contribution in [0.2, 0.25) is 0 Å². The third-order valence-electron chi connectivity index (χ3n) is 3.79. The van der Waals surface area contributed by atoms with Crippen LogP contribution in [0.4, 0.5) is 0 Å². The second kappa shape index (κ2) is 5.07. The summed E-state index contributed by atoms with van der Waals surface area (Å²) in [6.45, 7) is 0.193. The van der Waals surface area contributed by atoms with Crippen LogP contribution in [0.1, 0.15) is 10.4 Å². The van der Waals surface area contributed by atoms with Gasteiger partial charge in [-0.3, -0.25) is 4.79 Å². The molecule has 22 heavy (non-hydrogen) atoms. The summed E-state index contributed by atoms with van der Waals surface area (Å²) in [5.74, 6) is 0.0291. The zero-order valence-electron chi connectivity index (χ0n) is 11.8. The van der Waals surface area contributed by atoms with E-state index in [-0.39, 0.29) is 12.3 Å². The minimum absolute atomic E-state index is 0.0291. The molecule has 4 rings (SSSR count). The number of carbonyl (C=O) groups excluding carboxylic acids is 1. The molecule has 0 fully saturated rings. The number of fused-ring (bicyclic) bond motifs is 2. The van der Waals surface area contributed by atoms with Crippen LogP contribution < -0.4 is 0 Å². The summed E-state index contributed by atoms with van der Waals surface area (Å²) in [5, 5.41) is 10.3. The van der Waals surface area contributed by atoms with Crippen LogP contribution in [0.5, 0.6) is 0 Å². The number of carbonyl (C=O) groups is 1. The molecule has 106 valence electrons. The highest BCUT2D eigenvalue weighted by molar-refractivity contribution is 6.00. The molecule has 1 heterocycles. The van der Waals surface area contributed by atoms with Crippen LogP contribution in [-0.4, -0.2) is 20.8 Å². The highest BCUT2D eigenvalue weighted by Gasteiger charge is 2.11. The highest BCUT2D eigenvalue weighted by Crippen LogP contribution is 2.17. The SMILES string of the molecule is O=C(Cn1nnc2ccccc21)c1ccc2ccccc2c1. The van der Waals surface area contributed by atoms with Gasteiger partial charge < -0.3 is 0 Å². The average molecular weight is 287 g/mol. The van der Waals surface area contributed by atoms with Gasteiger partial charge in [0.25, 0.3) is 0 Å². The molecule has 0 aliphatic rings. The summed E-state index contributed by atoms with van der Waals surface area (Å²) in [5.41, 5.74) is 2.36. The number of benzene rings is 3. The van der Waals surface area contributed by atoms with E-state index in [0.29, 0.717) is 5.56 Å². The number of hydrogen-bond donors (Lipinski definition) is 0. The van der Waals surface area contributed by atoms with Crippen LogP contribution in [0.25, 0.3) is 21.8 Å². The van der Waals surface area contributed by atoms with Crippen LogP contribution in [-0.2, 0) is 6.54 Å². The lowest BCUT2D eigenvalue weighted by Gasteiger charge is -2.04. The minimum atomic E-state index is 0.0291. The van der Waals surface area contributed by atoms with Crippen molar-refractivity contribution in [3.63, 3.8) is 0 Å². The maximum atomic E-state index is 12.5. The number of ketones is 1. The summed E-state index contributed by atoms with van der Waals surface area (Å²) in [7, 11) is 0. The van der Waals surface area contributed by atoms with E-state index in [4.69, 9.17) is 0 Å². The van der Waals surface area contributed by atoms with Gasteiger partial charge in [0.1, 0.15) is 12.1 Å². The van der Waals surface area contributed by atoms with Gasteiger partial charge in [-0.25, -0.2) is 4.68 Å². The molecule has 3 aromatic carbocycles. The van der Waals surface area contributed by atoms with Crippen molar-refractivity contribution in [2.45, 2.75) is 6.54 Å². The van der Waals surface area contributed by atoms with Crippen LogP contribution in [0.15, 0.2) is 66.7 Å². The smallest absolute Gasteiger partial charge is 0.184 e. The fourth-order valence-electron chi connectivity index (χ4n) is 2.62. The van der Waals surface area contributed by atoms with Gasteiger partial charge in [-0.1, -0.05) is 53.7 Å². The predicted molar refractivity (Wildman–Crippen MR) is 85.8 cm³/mol. The van der Waals surface area contributed by atoms with Crippen molar-refractivity contribution in [1.29, 1.82) is 0 Å². The molecule has 0 amide bonds. The average Bonchev–Trinajstić information content (AvgIpc) is 2.97. The van der Waals surface area contributed by atoms with E-state index in [1.54, 1.807) is 4.68 Å². The standard InChI is InChI=1S/C18H13N3O/c22-18(12-21-17-8-4-3-7-16(17)19-20-21)15-10-9-13-5-1-2-6-14(13)11-15/h1-11H,12H2. The summed E-state index contributed by atoms with van der Waals surface area (Å²) >= 11 is 0. The van der Waals surface area contributed by atoms with Crippen LogP contribution in [0, 0.1) is 0 Å². The molecule has 0 saturated carbocycles. The molecule has 0 spiro atoms. The first-order valence-corrected chi connectivity index (χ1v) is 7.11. The van der Waals surface area contributed by atoms with Crippen molar-refractivity contribution < 1.29 is 4.79 Å². The van der Waals surface area contributed by atoms with Gasteiger partial charge in [0, 0.05) is 5.56 Å². The van der Waals surface area contributed by atoms with E-state index >= 15 is 0 Å². The molecule has 0 radical (unpaired) electrons. The van der Waals surface area contributed by atoms with E-state index < -0.39 is 0 Å². The van der Waals surface area contributed by atoms with Crippen LogP contribution in [0.3, 0.4) is 0 Å². The normalized spacial score (nSPS) is 11.1. The topological polar surface area (TPSA) is 47.8 Å². The Morgan fingerprint density at radius 1 is 0.909 bits per heavy atom. The van der Waals surface area contributed by atoms with E-state index in [2.05, 4.69) is 10.3 Å². The lowest BCUT2D eigenvalue weighted by atomic mass is 10.0. The van der Waals surface area contributed by atoms with Gasteiger partial charge >= 0.3 is 0 Å². The Labute approximate surface area is 127 Å². The van der Waals surface area contributed by atoms with Crippen LogP contribution >= 0.6 is 0 Å². The number of hydrogen-bond acceptors (Lipinski definition) is 3. The quantitative estimate of drug-likeness (QED) is 0.542. The van der Waals surface area contributed by atoms with Gasteiger partial charge in [-0.2, -0.15) is 0 Å². The number of nitrogens with zero attached hydrogens (tertiary/aromatic N) is 3. The van der Waals surface area contributed by atoms with Gasteiger partial charge in [-0.05, 0) is 29.0 Å². The van der Waals surface area contributed by atoms with E-state index in [1.807, 2.05) is 66.7 Å². The van der Waals surface area contributed by atoms with E-state index in [0.717, 1.165) is 21.8 Å². The Kier molecular flexibility index (Phi) is 2.93. The monoisotopic (exact) mass is 287 g/mol. The Bertz CT molecular complexity index is 988. The van der Waals surface area contributed by atoms with Crippen molar-refractivity contribution in [2.75, 3.05) is 0 Å². The lowest BCUT2D eigenvalue weighted by molar-refractivity contribution is 0.0968. The molecule has 0 aliphatic carbocycles. The first-order chi connectivity index (χ1) is 10.8. The maximum Gasteiger partial charge on any atom is 0.184 e. The largest absolute Gasteiger partial charge is 0.292 e. The zero-order valence-corrected chi connectivity index (χ0v) is 11.8. The zero-order chi connectivity index (χ0) is 14.9. The summed E-state index contributed by atoms with van der Waals surface area (Å²) in [6.07, 6.45) is 0. The van der Waals surface area contributed by atoms with Crippen molar-refractivity contribution >= 4 is 27.6 Å². The van der Waals surface area contributed by atoms with Gasteiger partial charge in [0.15, 0.2) is 5.78 Å². The molecule has 0 aliphatic heterocycles. The first kappa shape index (κ1) is 12.7. The number of Topliss-reactive ketones (excluding diaryl/α,β-unsaturated/α-hetero) is 1. The first-order valence-electron chi connectivity index (χ1n) is 7.11. The highest BCUT2D eigenvalue weighted by atomic mass is 16.1. The maximum absolute atomic E-state index is 12.5. The molecular weight excluding hydrogens is 274 g/mol. The molecule has 4 aromatic rings. The second-order valence-electron chi connectivity index (χ2n) is 5.22. The Morgan fingerprint density at radius 3 is 2.59 bits per heavy atom. The van der Waals surface area contributed by atoms with Gasteiger partial charge in [0.2, 0.25) is 0 Å². The Hall–Kier alpha value is -3.01. The van der Waals surface area contributed by atoms with E-state index in [9.17, 15) is 4.79 Å². The Morgan fingerprint density at radius 2 is 1.68 bits per heavy atom. The molecule has 0 saturated heterocycles. The van der Waals surface area contributed by atoms with Gasteiger partial charge in [-0.15, -0.1) is 5.10 Å². The van der Waals surface area contributed by atoms with Crippen molar-refractivity contribution in [3.05, 3.63) is 72.3 Å². The lowest BCUT2D eigenvalue weighted by Crippen LogP contribution is -2.11. The molecule has 4 nitrogen and oxygen atoms in total. The Balaban J connectivity index is 1.68. The van der Waals surface area contributed by atoms with E-state index in [1.165, 1.54) is 0 Å². The van der Waals surface area contributed by atoms with Gasteiger partial charge in [0.05, 0.1) is 5.52 Å². The number of aromatic nitrogens is 3. The molecule has 0 unspecified atom stereocenters. The third kappa shape index (κ3) is 2.15. The van der Waals surface area contributed by atoms with Crippen molar-refractivity contribution in [3.8, 4) is 0 Å². The predicted octanol–water partition coefficient (Wildman–Crippen LogP) is 3.47. The molecule has 4 heteroatoms. The van der Waals surface area contributed by atoms with Crippen molar-refractivity contribution in [1.82, 2.24) is 15.0 Å². The number of rotatable bonds is 3. The number of para-hydroxylation sites is 1. The van der Waals surface area contributed by atoms with Crippen molar-refractivity contribution in [2.24, 2.45) is 0 Å². The minimum Gasteiger partial charge on any atom is -0.292 e. The summed E-state index contributed by atoms with van der Waals surface area (Å²) in [6, 6.07) is 21.4. The molecule has 0 atom stereocenters. The molecule has 0 N–H and O–H groups in total. The second-order valence-corrected chi connectivity index (χ2v) is 5.22. The fourth-order valence-corrected chi connectivity index (χ4v) is 2.62.